The van der Waals surface area contributed by atoms with Crippen molar-refractivity contribution in [1.82, 2.24) is 24.6 Å². The molecule has 1 fully saturated rings. The Hall–Kier alpha value is -3.56. The van der Waals surface area contributed by atoms with Crippen LogP contribution in [0.4, 0.5) is 5.69 Å². The highest BCUT2D eigenvalue weighted by molar-refractivity contribution is 5.80. The van der Waals surface area contributed by atoms with Crippen LogP contribution in [0.3, 0.4) is 0 Å². The second kappa shape index (κ2) is 7.22. The van der Waals surface area contributed by atoms with Gasteiger partial charge >= 0.3 is 0 Å². The maximum Gasteiger partial charge on any atom is 0.269 e. The third kappa shape index (κ3) is 3.61. The summed E-state index contributed by atoms with van der Waals surface area (Å²) in [5.74, 6) is 0.217. The van der Waals surface area contributed by atoms with Crippen LogP contribution in [0.25, 0.3) is 11.0 Å². The summed E-state index contributed by atoms with van der Waals surface area (Å²) in [4.78, 5) is 39.0. The fourth-order valence-corrected chi connectivity index (χ4v) is 2.97. The number of nitrogens with zero attached hydrogens (tertiary/aromatic N) is 5. The van der Waals surface area contributed by atoms with Crippen LogP contribution >= 0.6 is 0 Å². The molecule has 1 N–H and O–H groups in total. The molecule has 0 bridgehead atoms. The molecule has 0 radical (unpaired) electrons. The van der Waals surface area contributed by atoms with E-state index in [-0.39, 0.29) is 29.6 Å². The summed E-state index contributed by atoms with van der Waals surface area (Å²) in [5, 5.41) is 18.2. The lowest BCUT2D eigenvalue weighted by atomic mass is 10.2. The van der Waals surface area contributed by atoms with E-state index in [9.17, 15) is 19.7 Å². The summed E-state index contributed by atoms with van der Waals surface area (Å²) < 4.78 is 3.03. The van der Waals surface area contributed by atoms with Crippen LogP contribution in [0.5, 0.6) is 0 Å². The molecule has 0 unspecified atom stereocenters. The van der Waals surface area contributed by atoms with Gasteiger partial charge in [-0.15, -0.1) is 0 Å². The van der Waals surface area contributed by atoms with Crippen LogP contribution in [0.15, 0.2) is 41.6 Å². The maximum atomic E-state index is 12.7. The van der Waals surface area contributed by atoms with Crippen molar-refractivity contribution >= 4 is 22.6 Å². The van der Waals surface area contributed by atoms with Crippen molar-refractivity contribution in [3.05, 3.63) is 62.8 Å². The number of aromatic nitrogens is 4. The number of hydrogen-bond acceptors (Lipinski definition) is 6. The summed E-state index contributed by atoms with van der Waals surface area (Å²) in [6.07, 6.45) is 4.81. The Morgan fingerprint density at radius 2 is 2.04 bits per heavy atom. The quantitative estimate of drug-likeness (QED) is 0.481. The lowest BCUT2D eigenvalue weighted by Gasteiger charge is -2.07. The van der Waals surface area contributed by atoms with Crippen molar-refractivity contribution in [2.45, 2.75) is 25.9 Å². The van der Waals surface area contributed by atoms with E-state index in [1.165, 1.54) is 29.2 Å². The summed E-state index contributed by atoms with van der Waals surface area (Å²) >= 11 is 0. The molecule has 1 aromatic carbocycles. The van der Waals surface area contributed by atoms with Gasteiger partial charge in [-0.1, -0.05) is 12.1 Å². The number of hydrogen-bond donors (Lipinski definition) is 1. The Morgan fingerprint density at radius 3 is 2.71 bits per heavy atom. The van der Waals surface area contributed by atoms with Crippen molar-refractivity contribution in [3.63, 3.8) is 0 Å². The predicted octanol–water partition coefficient (Wildman–Crippen LogP) is 1.08. The lowest BCUT2D eigenvalue weighted by molar-refractivity contribution is -0.384. The summed E-state index contributed by atoms with van der Waals surface area (Å²) in [6.45, 7) is 1.11. The molecule has 0 saturated heterocycles. The zero-order valence-electron chi connectivity index (χ0n) is 14.9. The van der Waals surface area contributed by atoms with E-state index < -0.39 is 4.92 Å². The van der Waals surface area contributed by atoms with E-state index in [0.29, 0.717) is 24.1 Å². The summed E-state index contributed by atoms with van der Waals surface area (Å²) in [5.41, 5.74) is 0.978. The Balaban J connectivity index is 1.48. The van der Waals surface area contributed by atoms with Gasteiger partial charge in [0.25, 0.3) is 11.2 Å². The number of nitrogens with one attached hydrogen (secondary N) is 1. The van der Waals surface area contributed by atoms with Gasteiger partial charge in [0.1, 0.15) is 11.7 Å². The summed E-state index contributed by atoms with van der Waals surface area (Å²) in [7, 11) is 0. The second-order valence-corrected chi connectivity index (χ2v) is 6.77. The minimum absolute atomic E-state index is 0.000253. The first kappa shape index (κ1) is 17.8. The number of fused-ring (bicyclic) bond motifs is 1. The number of nitro benzene ring substituents is 1. The molecular formula is C18H18N6O4. The molecule has 2 aromatic heterocycles. The van der Waals surface area contributed by atoms with E-state index in [1.54, 1.807) is 16.8 Å². The largest absolute Gasteiger partial charge is 0.354 e. The van der Waals surface area contributed by atoms with Crippen molar-refractivity contribution in [2.24, 2.45) is 5.92 Å². The normalized spacial score (nSPS) is 13.6. The minimum Gasteiger partial charge on any atom is -0.354 e. The second-order valence-electron chi connectivity index (χ2n) is 6.77. The van der Waals surface area contributed by atoms with Crippen LogP contribution in [0.2, 0.25) is 0 Å². The van der Waals surface area contributed by atoms with Gasteiger partial charge < -0.3 is 5.32 Å². The molecule has 4 rings (SSSR count). The molecule has 0 spiro atoms. The number of nitro groups is 1. The van der Waals surface area contributed by atoms with E-state index in [4.69, 9.17) is 0 Å². The van der Waals surface area contributed by atoms with E-state index >= 15 is 0 Å². The SMILES string of the molecule is O=C(NCCn1ncc2c(=O)n(Cc3ccc([N+](=O)[O-])cc3)cnc21)C1CC1. The molecule has 1 amide bonds. The number of carbonyl (C=O) groups is 1. The molecule has 3 aromatic rings. The average molecular weight is 382 g/mol. The molecule has 0 atom stereocenters. The third-order valence-corrected chi connectivity index (χ3v) is 4.69. The topological polar surface area (TPSA) is 125 Å². The van der Waals surface area contributed by atoms with Gasteiger partial charge in [0, 0.05) is 24.6 Å². The third-order valence-electron chi connectivity index (χ3n) is 4.69. The maximum absolute atomic E-state index is 12.7. The standard InChI is InChI=1S/C18H18N6O4/c25-17(13-3-4-13)19-7-8-23-16-15(9-21-23)18(26)22(11-20-16)10-12-1-5-14(6-2-12)24(27)28/h1-2,5-6,9,11,13H,3-4,7-8,10H2,(H,19,25). The van der Waals surface area contributed by atoms with Crippen LogP contribution in [0, 0.1) is 16.0 Å². The molecule has 1 aliphatic rings. The van der Waals surface area contributed by atoms with Crippen LogP contribution in [0.1, 0.15) is 18.4 Å². The molecule has 1 saturated carbocycles. The lowest BCUT2D eigenvalue weighted by Crippen LogP contribution is -2.28. The number of amides is 1. The fraction of sp³-hybridized carbons (Fsp3) is 0.333. The average Bonchev–Trinajstić information content (AvgIpc) is 3.46. The number of rotatable bonds is 7. The molecular weight excluding hydrogens is 364 g/mol. The summed E-state index contributed by atoms with van der Waals surface area (Å²) in [6, 6.07) is 6.03. The Labute approximate surface area is 159 Å². The zero-order valence-corrected chi connectivity index (χ0v) is 14.9. The Kier molecular flexibility index (Phi) is 4.60. The van der Waals surface area contributed by atoms with E-state index in [1.807, 2.05) is 0 Å². The van der Waals surface area contributed by atoms with Gasteiger partial charge in [-0.3, -0.25) is 24.3 Å². The van der Waals surface area contributed by atoms with Crippen LogP contribution in [-0.2, 0) is 17.9 Å². The van der Waals surface area contributed by atoms with Crippen molar-refractivity contribution < 1.29 is 9.72 Å². The van der Waals surface area contributed by atoms with Crippen LogP contribution < -0.4 is 10.9 Å². The van der Waals surface area contributed by atoms with Gasteiger partial charge in [-0.25, -0.2) is 9.67 Å². The van der Waals surface area contributed by atoms with Gasteiger partial charge in [0.2, 0.25) is 5.91 Å². The molecule has 0 aliphatic heterocycles. The van der Waals surface area contributed by atoms with E-state index in [0.717, 1.165) is 18.4 Å². The van der Waals surface area contributed by atoms with Crippen molar-refractivity contribution in [1.29, 1.82) is 0 Å². The molecule has 10 heteroatoms. The monoisotopic (exact) mass is 382 g/mol. The molecule has 2 heterocycles. The molecule has 10 nitrogen and oxygen atoms in total. The number of carbonyl (C=O) groups excluding carboxylic acids is 1. The highest BCUT2D eigenvalue weighted by atomic mass is 16.6. The first-order valence-corrected chi connectivity index (χ1v) is 8.95. The van der Waals surface area contributed by atoms with Gasteiger partial charge in [0.15, 0.2) is 5.65 Å². The zero-order chi connectivity index (χ0) is 19.7. The first-order chi connectivity index (χ1) is 13.5. The molecule has 28 heavy (non-hydrogen) atoms. The highest BCUT2D eigenvalue weighted by Crippen LogP contribution is 2.28. The predicted molar refractivity (Wildman–Crippen MR) is 99.7 cm³/mol. The van der Waals surface area contributed by atoms with Crippen molar-refractivity contribution in [2.75, 3.05) is 6.54 Å². The Bertz CT molecular complexity index is 1100. The van der Waals surface area contributed by atoms with Gasteiger partial charge in [-0.05, 0) is 18.4 Å². The fourth-order valence-electron chi connectivity index (χ4n) is 2.97. The first-order valence-electron chi connectivity index (χ1n) is 8.95. The number of benzene rings is 1. The smallest absolute Gasteiger partial charge is 0.269 e. The van der Waals surface area contributed by atoms with Gasteiger partial charge in [0.05, 0.1) is 24.2 Å². The van der Waals surface area contributed by atoms with Crippen molar-refractivity contribution in [3.8, 4) is 0 Å². The van der Waals surface area contributed by atoms with Gasteiger partial charge in [-0.2, -0.15) is 5.10 Å². The molecule has 1 aliphatic carbocycles. The van der Waals surface area contributed by atoms with Crippen LogP contribution in [-0.4, -0.2) is 36.7 Å². The van der Waals surface area contributed by atoms with E-state index in [2.05, 4.69) is 15.4 Å². The molecule has 144 valence electrons. The number of non-ortho nitro benzene ring substituents is 1. The highest BCUT2D eigenvalue weighted by Gasteiger charge is 2.29. The minimum atomic E-state index is -0.467. The Morgan fingerprint density at radius 1 is 1.29 bits per heavy atom.